The van der Waals surface area contributed by atoms with Crippen molar-refractivity contribution in [3.8, 4) is 5.75 Å². The van der Waals surface area contributed by atoms with E-state index in [1.807, 2.05) is 0 Å². The van der Waals surface area contributed by atoms with Gasteiger partial charge in [0.25, 0.3) is 0 Å². The summed E-state index contributed by atoms with van der Waals surface area (Å²) in [4.78, 5) is 15.6. The molecule has 4 rings (SSSR count). The molecule has 1 atom stereocenters. The summed E-state index contributed by atoms with van der Waals surface area (Å²) in [6.45, 7) is 2.02. The maximum Gasteiger partial charge on any atom is 0.433 e. The van der Waals surface area contributed by atoms with Crippen LogP contribution in [0.25, 0.3) is 10.1 Å². The van der Waals surface area contributed by atoms with Crippen molar-refractivity contribution >= 4 is 50.6 Å². The van der Waals surface area contributed by atoms with E-state index >= 15 is 0 Å². The average molecular weight is 490 g/mol. The Morgan fingerprint density at radius 3 is 2.81 bits per heavy atom. The highest BCUT2D eigenvalue weighted by molar-refractivity contribution is 7.18. The molecule has 10 heteroatoms. The number of alkyl halides is 3. The molecule has 1 aliphatic carbocycles. The molecule has 31 heavy (non-hydrogen) atoms. The van der Waals surface area contributed by atoms with Crippen LogP contribution >= 0.6 is 34.5 Å². The van der Waals surface area contributed by atoms with Crippen LogP contribution in [0, 0.1) is 0 Å². The van der Waals surface area contributed by atoms with Gasteiger partial charge in [0.15, 0.2) is 0 Å². The molecule has 0 saturated heterocycles. The molecule has 1 unspecified atom stereocenters. The molecule has 2 heterocycles. The van der Waals surface area contributed by atoms with Crippen molar-refractivity contribution in [2.24, 2.45) is 0 Å². The molecule has 0 aliphatic heterocycles. The first kappa shape index (κ1) is 22.2. The van der Waals surface area contributed by atoms with Gasteiger partial charge in [-0.3, -0.25) is 4.79 Å². The summed E-state index contributed by atoms with van der Waals surface area (Å²) in [5.74, 6) is -0.0237. The van der Waals surface area contributed by atoms with Crippen molar-refractivity contribution in [3.05, 3.63) is 56.1 Å². The van der Waals surface area contributed by atoms with Crippen molar-refractivity contribution in [1.82, 2.24) is 4.98 Å². The number of fused-ring (bicyclic) bond motifs is 2. The zero-order valence-electron chi connectivity index (χ0n) is 16.2. The first-order valence-corrected chi connectivity index (χ1v) is 11.1. The molecule has 164 valence electrons. The second-order valence-electron chi connectivity index (χ2n) is 6.99. The molecule has 0 N–H and O–H groups in total. The molecule has 0 saturated carbocycles. The number of hydrogen-bond donors (Lipinski definition) is 0. The van der Waals surface area contributed by atoms with Crippen LogP contribution in [0.15, 0.2) is 23.6 Å². The normalized spacial score (nSPS) is 15.9. The van der Waals surface area contributed by atoms with Gasteiger partial charge in [-0.25, -0.2) is 4.98 Å². The Bertz CT molecular complexity index is 1160. The number of benzene rings is 1. The van der Waals surface area contributed by atoms with Crippen molar-refractivity contribution in [3.63, 3.8) is 0 Å². The van der Waals surface area contributed by atoms with Crippen LogP contribution in [-0.4, -0.2) is 17.6 Å². The molecular formula is C21H16Cl2F3NO3S. The standard InChI is InChI=1S/C21H16Cl2F3NO3S/c1-2-29-17(28)7-10-9-31-20-18(10)12(22)8-15(19(20)23)30-14-5-4-13-11(14)3-6-16(27-13)21(24,25)26/h3,6,8-9,14H,2,4-5,7H2,1H3. The van der Waals surface area contributed by atoms with Gasteiger partial charge in [0.1, 0.15) is 22.6 Å². The molecule has 3 aromatic rings. The SMILES string of the molecule is CCOC(=O)Cc1csc2c(Cl)c(OC3CCc4nc(C(F)(F)F)ccc43)cc(Cl)c12. The zero-order valence-corrected chi connectivity index (χ0v) is 18.5. The van der Waals surface area contributed by atoms with E-state index in [2.05, 4.69) is 4.98 Å². The van der Waals surface area contributed by atoms with E-state index in [4.69, 9.17) is 32.7 Å². The molecule has 0 radical (unpaired) electrons. The molecular weight excluding hydrogens is 474 g/mol. The average Bonchev–Trinajstić information content (AvgIpc) is 3.30. The summed E-state index contributed by atoms with van der Waals surface area (Å²) in [6.07, 6.45) is -4.03. The monoisotopic (exact) mass is 489 g/mol. The molecule has 4 nitrogen and oxygen atoms in total. The lowest BCUT2D eigenvalue weighted by Gasteiger charge is -2.17. The van der Waals surface area contributed by atoms with Crippen LogP contribution in [0.3, 0.4) is 0 Å². The quantitative estimate of drug-likeness (QED) is 0.370. The highest BCUT2D eigenvalue weighted by atomic mass is 35.5. The first-order valence-electron chi connectivity index (χ1n) is 9.46. The fourth-order valence-electron chi connectivity index (χ4n) is 3.63. The van der Waals surface area contributed by atoms with Gasteiger partial charge in [0, 0.05) is 22.7 Å². The fraction of sp³-hybridized carbons (Fsp3) is 0.333. The number of hydrogen-bond acceptors (Lipinski definition) is 5. The minimum absolute atomic E-state index is 0.0767. The highest BCUT2D eigenvalue weighted by Gasteiger charge is 2.35. The summed E-state index contributed by atoms with van der Waals surface area (Å²) in [7, 11) is 0. The van der Waals surface area contributed by atoms with E-state index in [-0.39, 0.29) is 19.0 Å². The van der Waals surface area contributed by atoms with E-state index < -0.39 is 18.0 Å². The number of pyridine rings is 1. The van der Waals surface area contributed by atoms with Gasteiger partial charge in [0.05, 0.1) is 22.8 Å². The lowest BCUT2D eigenvalue weighted by Crippen LogP contribution is -2.10. The third-order valence-electron chi connectivity index (χ3n) is 4.98. The predicted octanol–water partition coefficient (Wildman–Crippen LogP) is 6.79. The lowest BCUT2D eigenvalue weighted by atomic mass is 10.1. The zero-order chi connectivity index (χ0) is 22.3. The predicted molar refractivity (Wildman–Crippen MR) is 113 cm³/mol. The molecule has 1 aromatic carbocycles. The van der Waals surface area contributed by atoms with Crippen molar-refractivity contribution < 1.29 is 27.4 Å². The van der Waals surface area contributed by atoms with Gasteiger partial charge in [-0.15, -0.1) is 11.3 Å². The number of aromatic nitrogens is 1. The third-order valence-corrected chi connectivity index (χ3v) is 6.81. The summed E-state index contributed by atoms with van der Waals surface area (Å²) in [6, 6.07) is 3.93. The number of carbonyl (C=O) groups excluding carboxylic acids is 1. The van der Waals surface area contributed by atoms with Crippen LogP contribution in [0.5, 0.6) is 5.75 Å². The number of halogens is 5. The Labute approximate surface area is 189 Å². The highest BCUT2D eigenvalue weighted by Crippen LogP contribution is 2.45. The Balaban J connectivity index is 1.62. The number of nitrogens with zero attached hydrogens (tertiary/aromatic N) is 1. The summed E-state index contributed by atoms with van der Waals surface area (Å²) in [5, 5.41) is 3.18. The minimum atomic E-state index is -4.49. The Morgan fingerprint density at radius 1 is 1.32 bits per heavy atom. The van der Waals surface area contributed by atoms with Crippen molar-refractivity contribution in [2.45, 2.75) is 38.5 Å². The van der Waals surface area contributed by atoms with Crippen LogP contribution in [-0.2, 0) is 28.5 Å². The minimum Gasteiger partial charge on any atom is -0.484 e. The Morgan fingerprint density at radius 2 is 2.10 bits per heavy atom. The van der Waals surface area contributed by atoms with E-state index in [1.54, 1.807) is 18.4 Å². The van der Waals surface area contributed by atoms with Gasteiger partial charge in [0.2, 0.25) is 0 Å². The maximum atomic E-state index is 12.9. The number of rotatable bonds is 5. The second kappa shape index (κ2) is 8.48. The molecule has 1 aliphatic rings. The van der Waals surface area contributed by atoms with Crippen LogP contribution in [0.4, 0.5) is 13.2 Å². The first-order chi connectivity index (χ1) is 14.7. The van der Waals surface area contributed by atoms with Crippen molar-refractivity contribution in [2.75, 3.05) is 6.61 Å². The maximum absolute atomic E-state index is 12.9. The number of aryl methyl sites for hydroxylation is 1. The van der Waals surface area contributed by atoms with Crippen LogP contribution in [0.2, 0.25) is 10.0 Å². The van der Waals surface area contributed by atoms with E-state index in [0.717, 1.165) is 6.07 Å². The van der Waals surface area contributed by atoms with E-state index in [0.29, 0.717) is 55.5 Å². The summed E-state index contributed by atoms with van der Waals surface area (Å²) in [5.41, 5.74) is 0.777. The number of ether oxygens (including phenoxy) is 2. The van der Waals surface area contributed by atoms with E-state index in [1.165, 1.54) is 17.4 Å². The Kier molecular flexibility index (Phi) is 6.07. The van der Waals surface area contributed by atoms with Crippen LogP contribution in [0.1, 0.15) is 42.0 Å². The smallest absolute Gasteiger partial charge is 0.433 e. The number of esters is 1. The van der Waals surface area contributed by atoms with Gasteiger partial charge in [-0.2, -0.15) is 13.2 Å². The summed E-state index contributed by atoms with van der Waals surface area (Å²) < 4.78 is 50.5. The summed E-state index contributed by atoms with van der Waals surface area (Å²) >= 11 is 14.4. The van der Waals surface area contributed by atoms with Gasteiger partial charge < -0.3 is 9.47 Å². The topological polar surface area (TPSA) is 48.4 Å². The Hall–Kier alpha value is -2.03. The molecule has 2 aromatic heterocycles. The van der Waals surface area contributed by atoms with Gasteiger partial charge in [-0.05, 0) is 36.8 Å². The lowest BCUT2D eigenvalue weighted by molar-refractivity contribution is -0.142. The second-order valence-corrected chi connectivity index (χ2v) is 8.66. The van der Waals surface area contributed by atoms with Gasteiger partial charge >= 0.3 is 12.1 Å². The number of thiophene rings is 1. The fourth-order valence-corrected chi connectivity index (χ4v) is 5.35. The molecule has 0 fully saturated rings. The number of carbonyl (C=O) groups is 1. The van der Waals surface area contributed by atoms with Crippen molar-refractivity contribution in [1.29, 1.82) is 0 Å². The molecule has 0 amide bonds. The molecule has 0 bridgehead atoms. The molecule has 0 spiro atoms. The largest absolute Gasteiger partial charge is 0.484 e. The van der Waals surface area contributed by atoms with Gasteiger partial charge in [-0.1, -0.05) is 29.3 Å². The van der Waals surface area contributed by atoms with E-state index in [9.17, 15) is 18.0 Å². The van der Waals surface area contributed by atoms with Crippen LogP contribution < -0.4 is 4.74 Å². The third kappa shape index (κ3) is 4.33.